The van der Waals surface area contributed by atoms with Crippen LogP contribution in [0, 0.1) is 6.92 Å². The lowest BCUT2D eigenvalue weighted by molar-refractivity contribution is 0.247. The first-order valence-corrected chi connectivity index (χ1v) is 7.85. The van der Waals surface area contributed by atoms with Crippen LogP contribution in [0.15, 0.2) is 42.5 Å². The van der Waals surface area contributed by atoms with Crippen LogP contribution in [0.1, 0.15) is 24.0 Å². The van der Waals surface area contributed by atoms with E-state index < -0.39 is 0 Å². The van der Waals surface area contributed by atoms with Gasteiger partial charge in [0.15, 0.2) is 0 Å². The highest BCUT2D eigenvalue weighted by Gasteiger charge is 2.45. The molecule has 2 aromatic rings. The van der Waals surface area contributed by atoms with Gasteiger partial charge in [0, 0.05) is 5.69 Å². The molecule has 0 bridgehead atoms. The molecule has 0 atom stereocenters. The van der Waals surface area contributed by atoms with Gasteiger partial charge in [-0.05, 0) is 43.5 Å². The standard InChI is InChI=1S/C17H16Cl2N2O/c1-11-2-4-12(5-3-11)17(8-9-17)21-16(22)20-13-6-7-14(18)15(19)10-13/h2-7,10H,8-9H2,1H3,(H2,20,21,22). The third-order valence-electron chi connectivity index (χ3n) is 3.88. The first-order chi connectivity index (χ1) is 10.5. The molecule has 22 heavy (non-hydrogen) atoms. The minimum Gasteiger partial charge on any atom is -0.328 e. The fraction of sp³-hybridized carbons (Fsp3) is 0.235. The number of aryl methyl sites for hydroxylation is 1. The van der Waals surface area contributed by atoms with E-state index in [0.717, 1.165) is 18.4 Å². The Morgan fingerprint density at radius 1 is 1.05 bits per heavy atom. The van der Waals surface area contributed by atoms with Crippen molar-refractivity contribution in [3.8, 4) is 0 Å². The number of rotatable bonds is 3. The van der Waals surface area contributed by atoms with Crippen LogP contribution in [0.2, 0.25) is 10.0 Å². The fourth-order valence-corrected chi connectivity index (χ4v) is 2.74. The van der Waals surface area contributed by atoms with Gasteiger partial charge < -0.3 is 10.6 Å². The van der Waals surface area contributed by atoms with E-state index in [2.05, 4.69) is 34.9 Å². The second kappa shape index (κ2) is 5.82. The summed E-state index contributed by atoms with van der Waals surface area (Å²) in [7, 11) is 0. The molecule has 3 rings (SSSR count). The summed E-state index contributed by atoms with van der Waals surface area (Å²) in [6.07, 6.45) is 1.90. The van der Waals surface area contributed by atoms with Crippen molar-refractivity contribution in [2.45, 2.75) is 25.3 Å². The first-order valence-electron chi connectivity index (χ1n) is 7.10. The monoisotopic (exact) mass is 334 g/mol. The second-order valence-electron chi connectivity index (χ2n) is 5.66. The van der Waals surface area contributed by atoms with E-state index in [4.69, 9.17) is 23.2 Å². The molecule has 5 heteroatoms. The number of halogens is 2. The largest absolute Gasteiger partial charge is 0.328 e. The zero-order chi connectivity index (χ0) is 15.7. The number of benzene rings is 2. The summed E-state index contributed by atoms with van der Waals surface area (Å²) in [5.41, 5.74) is 2.72. The number of anilines is 1. The number of hydrogen-bond acceptors (Lipinski definition) is 1. The zero-order valence-corrected chi connectivity index (χ0v) is 13.6. The van der Waals surface area contributed by atoms with E-state index in [0.29, 0.717) is 15.7 Å². The molecule has 1 fully saturated rings. The quantitative estimate of drug-likeness (QED) is 0.804. The van der Waals surface area contributed by atoms with Gasteiger partial charge in [-0.2, -0.15) is 0 Å². The van der Waals surface area contributed by atoms with Gasteiger partial charge in [0.25, 0.3) is 0 Å². The van der Waals surface area contributed by atoms with Crippen LogP contribution in [0.5, 0.6) is 0 Å². The van der Waals surface area contributed by atoms with E-state index in [-0.39, 0.29) is 11.6 Å². The highest BCUT2D eigenvalue weighted by molar-refractivity contribution is 6.42. The minimum atomic E-state index is -0.242. The normalized spacial score (nSPS) is 15.2. The van der Waals surface area contributed by atoms with Crippen molar-refractivity contribution in [1.82, 2.24) is 5.32 Å². The number of urea groups is 1. The van der Waals surface area contributed by atoms with Gasteiger partial charge >= 0.3 is 6.03 Å². The van der Waals surface area contributed by atoms with Gasteiger partial charge in [-0.1, -0.05) is 53.0 Å². The molecule has 3 nitrogen and oxygen atoms in total. The molecule has 0 heterocycles. The minimum absolute atomic E-state index is 0.239. The molecule has 0 aliphatic heterocycles. The van der Waals surface area contributed by atoms with Crippen molar-refractivity contribution in [2.75, 3.05) is 5.32 Å². The van der Waals surface area contributed by atoms with E-state index in [1.54, 1.807) is 18.2 Å². The highest BCUT2D eigenvalue weighted by atomic mass is 35.5. The summed E-state index contributed by atoms with van der Waals surface area (Å²) in [5, 5.41) is 6.73. The van der Waals surface area contributed by atoms with Gasteiger partial charge in [0.2, 0.25) is 0 Å². The van der Waals surface area contributed by atoms with Crippen LogP contribution >= 0.6 is 23.2 Å². The van der Waals surface area contributed by atoms with Crippen LogP contribution in [-0.2, 0) is 5.54 Å². The molecule has 2 amide bonds. The summed E-state index contributed by atoms with van der Waals surface area (Å²) in [5.74, 6) is 0. The Hall–Kier alpha value is -1.71. The molecular weight excluding hydrogens is 319 g/mol. The number of amides is 2. The molecule has 114 valence electrons. The molecular formula is C17H16Cl2N2O. The van der Waals surface area contributed by atoms with E-state index in [9.17, 15) is 4.79 Å². The SMILES string of the molecule is Cc1ccc(C2(NC(=O)Nc3ccc(Cl)c(Cl)c3)CC2)cc1. The summed E-state index contributed by atoms with van der Waals surface area (Å²) in [4.78, 5) is 12.2. The maximum atomic E-state index is 12.2. The van der Waals surface area contributed by atoms with Crippen molar-refractivity contribution in [1.29, 1.82) is 0 Å². The fourth-order valence-electron chi connectivity index (χ4n) is 2.44. The summed E-state index contributed by atoms with van der Waals surface area (Å²) in [6.45, 7) is 2.05. The smallest absolute Gasteiger partial charge is 0.319 e. The lowest BCUT2D eigenvalue weighted by Crippen LogP contribution is -2.38. The molecule has 0 radical (unpaired) electrons. The number of carbonyl (C=O) groups excluding carboxylic acids is 1. The van der Waals surface area contributed by atoms with Gasteiger partial charge in [0.1, 0.15) is 0 Å². The van der Waals surface area contributed by atoms with Crippen molar-refractivity contribution < 1.29 is 4.79 Å². The lowest BCUT2D eigenvalue weighted by Gasteiger charge is -2.19. The Labute approximate surface area is 139 Å². The van der Waals surface area contributed by atoms with Crippen molar-refractivity contribution in [3.63, 3.8) is 0 Å². The summed E-state index contributed by atoms with van der Waals surface area (Å²) in [6, 6.07) is 13.0. The Bertz CT molecular complexity index is 709. The Morgan fingerprint density at radius 3 is 2.32 bits per heavy atom. The van der Waals surface area contributed by atoms with Crippen LogP contribution in [-0.4, -0.2) is 6.03 Å². The van der Waals surface area contributed by atoms with Crippen molar-refractivity contribution >= 4 is 34.9 Å². The number of hydrogen-bond donors (Lipinski definition) is 2. The van der Waals surface area contributed by atoms with E-state index >= 15 is 0 Å². The van der Waals surface area contributed by atoms with Crippen LogP contribution < -0.4 is 10.6 Å². The lowest BCUT2D eigenvalue weighted by atomic mass is 10.0. The first kappa shape index (κ1) is 15.2. The molecule has 0 spiro atoms. The zero-order valence-electron chi connectivity index (χ0n) is 12.1. The van der Waals surface area contributed by atoms with E-state index in [1.807, 2.05) is 6.92 Å². The summed E-state index contributed by atoms with van der Waals surface area (Å²) < 4.78 is 0. The molecule has 1 saturated carbocycles. The Balaban J connectivity index is 1.68. The van der Waals surface area contributed by atoms with Crippen LogP contribution in [0.3, 0.4) is 0 Å². The molecule has 2 aromatic carbocycles. The Kier molecular flexibility index (Phi) is 4.02. The van der Waals surface area contributed by atoms with Crippen molar-refractivity contribution in [3.05, 3.63) is 63.6 Å². The Morgan fingerprint density at radius 2 is 1.73 bits per heavy atom. The third kappa shape index (κ3) is 3.21. The number of nitrogens with one attached hydrogen (secondary N) is 2. The second-order valence-corrected chi connectivity index (χ2v) is 6.47. The van der Waals surface area contributed by atoms with Gasteiger partial charge in [0.05, 0.1) is 15.6 Å². The maximum absolute atomic E-state index is 12.2. The molecule has 2 N–H and O–H groups in total. The average Bonchev–Trinajstić information content (AvgIpc) is 3.24. The molecule has 1 aliphatic rings. The van der Waals surface area contributed by atoms with Gasteiger partial charge in [-0.15, -0.1) is 0 Å². The van der Waals surface area contributed by atoms with Crippen molar-refractivity contribution in [2.24, 2.45) is 0 Å². The van der Waals surface area contributed by atoms with Gasteiger partial charge in [-0.25, -0.2) is 4.79 Å². The maximum Gasteiger partial charge on any atom is 0.319 e. The molecule has 1 aliphatic carbocycles. The van der Waals surface area contributed by atoms with Crippen LogP contribution in [0.25, 0.3) is 0 Å². The number of carbonyl (C=O) groups is 1. The van der Waals surface area contributed by atoms with E-state index in [1.165, 1.54) is 5.56 Å². The predicted molar refractivity (Wildman–Crippen MR) is 90.7 cm³/mol. The van der Waals surface area contributed by atoms with Gasteiger partial charge in [-0.3, -0.25) is 0 Å². The third-order valence-corrected chi connectivity index (χ3v) is 4.62. The molecule has 0 saturated heterocycles. The highest BCUT2D eigenvalue weighted by Crippen LogP contribution is 2.45. The van der Waals surface area contributed by atoms with Crippen LogP contribution in [0.4, 0.5) is 10.5 Å². The molecule has 0 unspecified atom stereocenters. The average molecular weight is 335 g/mol. The topological polar surface area (TPSA) is 41.1 Å². The molecule has 0 aromatic heterocycles. The summed E-state index contributed by atoms with van der Waals surface area (Å²) >= 11 is 11.8. The predicted octanol–water partition coefficient (Wildman–Crippen LogP) is 5.11.